The van der Waals surface area contributed by atoms with Crippen LogP contribution in [0.5, 0.6) is 0 Å². The predicted molar refractivity (Wildman–Crippen MR) is 79.2 cm³/mol. The second kappa shape index (κ2) is 6.85. The molecule has 2 aromatic rings. The van der Waals surface area contributed by atoms with Gasteiger partial charge in [0.2, 0.25) is 5.91 Å². The number of furan rings is 1. The molecule has 0 aromatic carbocycles. The van der Waals surface area contributed by atoms with Gasteiger partial charge in [-0.1, -0.05) is 11.3 Å². The van der Waals surface area contributed by atoms with Crippen LogP contribution in [-0.2, 0) is 9.53 Å². The highest BCUT2D eigenvalue weighted by Gasteiger charge is 2.16. The number of rotatable bonds is 5. The molecule has 0 saturated carbocycles. The molecule has 1 N–H and O–H groups in total. The van der Waals surface area contributed by atoms with Crippen molar-refractivity contribution in [2.24, 2.45) is 0 Å². The van der Waals surface area contributed by atoms with Crippen LogP contribution in [0.25, 0.3) is 6.08 Å². The topological polar surface area (TPSA) is 81.4 Å². The van der Waals surface area contributed by atoms with Gasteiger partial charge in [0.1, 0.15) is 10.6 Å². The highest BCUT2D eigenvalue weighted by atomic mass is 32.1. The number of carbonyl (C=O) groups excluding carboxylic acids is 2. The third-order valence-electron chi connectivity index (χ3n) is 2.43. The minimum Gasteiger partial charge on any atom is -0.465 e. The lowest BCUT2D eigenvalue weighted by atomic mass is 10.4. The van der Waals surface area contributed by atoms with E-state index in [1.165, 1.54) is 12.3 Å². The average Bonchev–Trinajstić information content (AvgIpc) is 3.06. The van der Waals surface area contributed by atoms with Gasteiger partial charge >= 0.3 is 5.97 Å². The summed E-state index contributed by atoms with van der Waals surface area (Å²) in [6.45, 7) is 3.72. The normalized spacial score (nSPS) is 10.8. The molecule has 6 nitrogen and oxygen atoms in total. The number of nitrogens with zero attached hydrogens (tertiary/aromatic N) is 1. The Bertz CT molecular complexity index is 659. The van der Waals surface area contributed by atoms with Gasteiger partial charge in [0.15, 0.2) is 5.13 Å². The number of hydrogen-bond donors (Lipinski definition) is 1. The summed E-state index contributed by atoms with van der Waals surface area (Å²) in [5.41, 5.74) is 0.531. The largest absolute Gasteiger partial charge is 0.465 e. The molecule has 0 radical (unpaired) electrons. The molecule has 1 amide bonds. The summed E-state index contributed by atoms with van der Waals surface area (Å²) in [5.74, 6) is -0.206. The van der Waals surface area contributed by atoms with Crippen molar-refractivity contribution in [2.75, 3.05) is 11.9 Å². The maximum absolute atomic E-state index is 11.7. The Morgan fingerprint density at radius 2 is 2.33 bits per heavy atom. The molecule has 0 unspecified atom stereocenters. The van der Waals surface area contributed by atoms with E-state index >= 15 is 0 Å². The number of nitrogens with one attached hydrogen (secondary N) is 1. The molecule has 0 bridgehead atoms. The van der Waals surface area contributed by atoms with Gasteiger partial charge in [-0.2, -0.15) is 0 Å². The summed E-state index contributed by atoms with van der Waals surface area (Å²) in [5, 5.41) is 2.95. The van der Waals surface area contributed by atoms with Crippen molar-refractivity contribution in [3.8, 4) is 0 Å². The zero-order chi connectivity index (χ0) is 15.2. The van der Waals surface area contributed by atoms with Crippen LogP contribution in [0.15, 0.2) is 28.9 Å². The molecule has 2 aromatic heterocycles. The minimum absolute atomic E-state index is 0.295. The highest BCUT2D eigenvalue weighted by Crippen LogP contribution is 2.23. The molecule has 0 aliphatic carbocycles. The number of esters is 1. The number of amides is 1. The first kappa shape index (κ1) is 15.0. The Morgan fingerprint density at radius 3 is 3.00 bits per heavy atom. The molecule has 21 heavy (non-hydrogen) atoms. The molecule has 0 spiro atoms. The van der Waals surface area contributed by atoms with Gasteiger partial charge < -0.3 is 9.15 Å². The smallest absolute Gasteiger partial charge is 0.350 e. The Hall–Kier alpha value is -2.41. The van der Waals surface area contributed by atoms with Crippen molar-refractivity contribution in [3.63, 3.8) is 0 Å². The fourth-order valence-electron chi connectivity index (χ4n) is 1.53. The maximum atomic E-state index is 11.7. The van der Waals surface area contributed by atoms with Crippen LogP contribution < -0.4 is 5.32 Å². The summed E-state index contributed by atoms with van der Waals surface area (Å²) < 4.78 is 9.99. The van der Waals surface area contributed by atoms with Crippen LogP contribution in [0.2, 0.25) is 0 Å². The summed E-state index contributed by atoms with van der Waals surface area (Å²) >= 11 is 1.08. The van der Waals surface area contributed by atoms with E-state index in [0.717, 1.165) is 11.3 Å². The molecule has 0 fully saturated rings. The second-order valence-electron chi connectivity index (χ2n) is 3.99. The van der Waals surface area contributed by atoms with Crippen LogP contribution in [0.3, 0.4) is 0 Å². The Balaban J connectivity index is 2.01. The first-order valence-corrected chi connectivity index (χ1v) is 7.09. The van der Waals surface area contributed by atoms with Crippen molar-refractivity contribution in [3.05, 3.63) is 40.8 Å². The van der Waals surface area contributed by atoms with Gasteiger partial charge in [0.05, 0.1) is 18.6 Å². The van der Waals surface area contributed by atoms with Crippen LogP contribution in [0, 0.1) is 6.92 Å². The summed E-state index contributed by atoms with van der Waals surface area (Å²) in [7, 11) is 0. The van der Waals surface area contributed by atoms with Gasteiger partial charge in [0.25, 0.3) is 0 Å². The number of anilines is 1. The van der Waals surface area contributed by atoms with Crippen molar-refractivity contribution in [2.45, 2.75) is 13.8 Å². The van der Waals surface area contributed by atoms with Gasteiger partial charge in [-0.25, -0.2) is 9.78 Å². The minimum atomic E-state index is -0.431. The Morgan fingerprint density at radius 1 is 1.52 bits per heavy atom. The van der Waals surface area contributed by atoms with Crippen molar-refractivity contribution in [1.82, 2.24) is 4.98 Å². The zero-order valence-electron chi connectivity index (χ0n) is 11.6. The molecule has 2 rings (SSSR count). The van der Waals surface area contributed by atoms with Crippen molar-refractivity contribution < 1.29 is 18.7 Å². The fraction of sp³-hybridized carbons (Fsp3) is 0.214. The van der Waals surface area contributed by atoms with Crippen LogP contribution >= 0.6 is 11.3 Å². The van der Waals surface area contributed by atoms with Crippen LogP contribution in [0.4, 0.5) is 5.13 Å². The summed E-state index contributed by atoms with van der Waals surface area (Å²) in [6.07, 6.45) is 4.40. The quantitative estimate of drug-likeness (QED) is 0.678. The average molecular weight is 306 g/mol. The first-order valence-electron chi connectivity index (χ1n) is 6.27. The lowest BCUT2D eigenvalue weighted by Crippen LogP contribution is -2.07. The number of thiazole rings is 1. The monoisotopic (exact) mass is 306 g/mol. The SMILES string of the molecule is CCOC(=O)c1sc(NC(=O)C=Cc2ccco2)nc1C. The summed E-state index contributed by atoms with van der Waals surface area (Å²) in [4.78, 5) is 27.9. The Kier molecular flexibility index (Phi) is 4.89. The second-order valence-corrected chi connectivity index (χ2v) is 4.99. The third-order valence-corrected chi connectivity index (χ3v) is 3.48. The number of aryl methyl sites for hydroxylation is 1. The van der Waals surface area contributed by atoms with Gasteiger partial charge in [0, 0.05) is 6.08 Å². The molecule has 110 valence electrons. The van der Waals surface area contributed by atoms with Crippen LogP contribution in [-0.4, -0.2) is 23.5 Å². The maximum Gasteiger partial charge on any atom is 0.350 e. The molecule has 0 aliphatic rings. The van der Waals surface area contributed by atoms with Gasteiger partial charge in [-0.15, -0.1) is 0 Å². The van der Waals surface area contributed by atoms with E-state index in [2.05, 4.69) is 10.3 Å². The van der Waals surface area contributed by atoms with Crippen molar-refractivity contribution >= 4 is 34.4 Å². The van der Waals surface area contributed by atoms with Crippen LogP contribution in [0.1, 0.15) is 28.0 Å². The first-order chi connectivity index (χ1) is 10.1. The number of hydrogen-bond acceptors (Lipinski definition) is 6. The number of aromatic nitrogens is 1. The Labute approximate surface area is 125 Å². The van der Waals surface area contributed by atoms with Gasteiger partial charge in [-0.05, 0) is 32.1 Å². The standard InChI is InChI=1S/C14H14N2O4S/c1-3-19-13(18)12-9(2)15-14(21-12)16-11(17)7-6-10-5-4-8-20-10/h4-8H,3H2,1-2H3,(H,15,16,17). The lowest BCUT2D eigenvalue weighted by Gasteiger charge is -1.97. The number of ether oxygens (including phenoxy) is 1. The molecular weight excluding hydrogens is 292 g/mol. The molecule has 0 atom stereocenters. The van der Waals surface area contributed by atoms with Gasteiger partial charge in [-0.3, -0.25) is 10.1 Å². The molecule has 0 saturated heterocycles. The van der Waals surface area contributed by atoms with Crippen molar-refractivity contribution in [1.29, 1.82) is 0 Å². The lowest BCUT2D eigenvalue weighted by molar-refractivity contribution is -0.111. The fourth-order valence-corrected chi connectivity index (χ4v) is 2.39. The molecular formula is C14H14N2O4S. The highest BCUT2D eigenvalue weighted by molar-refractivity contribution is 7.17. The zero-order valence-corrected chi connectivity index (χ0v) is 12.4. The van der Waals surface area contributed by atoms with E-state index in [1.54, 1.807) is 32.1 Å². The van der Waals surface area contributed by atoms with E-state index in [9.17, 15) is 9.59 Å². The van der Waals surface area contributed by atoms with E-state index < -0.39 is 5.97 Å². The molecule has 0 aliphatic heterocycles. The van der Waals surface area contributed by atoms with E-state index in [-0.39, 0.29) is 5.91 Å². The number of carbonyl (C=O) groups is 2. The molecule has 7 heteroatoms. The predicted octanol–water partition coefficient (Wildman–Crippen LogP) is 2.87. The van der Waals surface area contributed by atoms with E-state index in [0.29, 0.717) is 28.1 Å². The van der Waals surface area contributed by atoms with E-state index in [4.69, 9.17) is 9.15 Å². The third kappa shape index (κ3) is 4.03. The van der Waals surface area contributed by atoms with E-state index in [1.807, 2.05) is 0 Å². The molecule has 2 heterocycles. The summed E-state index contributed by atoms with van der Waals surface area (Å²) in [6, 6.07) is 3.46.